The molecule has 1 fully saturated rings. The van der Waals surface area contributed by atoms with Crippen LogP contribution in [0.1, 0.15) is 50.6 Å². The summed E-state index contributed by atoms with van der Waals surface area (Å²) in [6.45, 7) is 0. The van der Waals surface area contributed by atoms with E-state index in [4.69, 9.17) is 4.42 Å². The summed E-state index contributed by atoms with van der Waals surface area (Å²) >= 11 is 1.52. The fraction of sp³-hybridized carbons (Fsp3) is 0.529. The molecular weight excluding hydrogens is 296 g/mol. The van der Waals surface area contributed by atoms with E-state index in [-0.39, 0.29) is 5.91 Å². The minimum atomic E-state index is 0.0851. The topological polar surface area (TPSA) is 55.1 Å². The number of aromatic nitrogens is 1. The van der Waals surface area contributed by atoms with Crippen molar-refractivity contribution in [1.82, 2.24) is 10.3 Å². The van der Waals surface area contributed by atoms with Gasteiger partial charge in [-0.2, -0.15) is 0 Å². The second kappa shape index (κ2) is 7.58. The smallest absolute Gasteiger partial charge is 0.226 e. The van der Waals surface area contributed by atoms with E-state index in [1.807, 2.05) is 17.5 Å². The number of nitrogens with one attached hydrogen (secondary N) is 1. The SMILES string of the molecule is O=C(Cc1csc(-c2ccco2)n1)NC1CCCCCCC1. The van der Waals surface area contributed by atoms with Crippen LogP contribution >= 0.6 is 11.3 Å². The Bertz CT molecular complexity index is 584. The maximum atomic E-state index is 12.2. The Kier molecular flexibility index (Phi) is 5.27. The van der Waals surface area contributed by atoms with Gasteiger partial charge in [-0.05, 0) is 25.0 Å². The van der Waals surface area contributed by atoms with Gasteiger partial charge in [-0.1, -0.05) is 32.1 Å². The van der Waals surface area contributed by atoms with Crippen LogP contribution in [0.15, 0.2) is 28.2 Å². The van der Waals surface area contributed by atoms with Crippen molar-refractivity contribution in [3.63, 3.8) is 0 Å². The van der Waals surface area contributed by atoms with E-state index in [0.29, 0.717) is 12.5 Å². The van der Waals surface area contributed by atoms with E-state index in [9.17, 15) is 4.79 Å². The molecule has 0 saturated heterocycles. The van der Waals surface area contributed by atoms with Gasteiger partial charge in [0.25, 0.3) is 0 Å². The van der Waals surface area contributed by atoms with Crippen molar-refractivity contribution in [2.45, 2.75) is 57.4 Å². The van der Waals surface area contributed by atoms with Gasteiger partial charge < -0.3 is 9.73 Å². The zero-order chi connectivity index (χ0) is 15.2. The fourth-order valence-electron chi connectivity index (χ4n) is 2.95. The predicted molar refractivity (Wildman–Crippen MR) is 87.8 cm³/mol. The standard InChI is InChI=1S/C17H22N2O2S/c20-16(18-13-7-4-2-1-3-5-8-13)11-14-12-22-17(19-14)15-9-6-10-21-15/h6,9-10,12-13H,1-5,7-8,11H2,(H,18,20). The number of amides is 1. The van der Waals surface area contributed by atoms with E-state index in [0.717, 1.165) is 29.3 Å². The highest BCUT2D eigenvalue weighted by Gasteiger charge is 2.15. The first-order valence-corrected chi connectivity index (χ1v) is 8.97. The van der Waals surface area contributed by atoms with Crippen LogP contribution in [0.2, 0.25) is 0 Å². The lowest BCUT2D eigenvalue weighted by Crippen LogP contribution is -2.36. The number of hydrogen-bond donors (Lipinski definition) is 1. The van der Waals surface area contributed by atoms with Gasteiger partial charge in [0.05, 0.1) is 18.4 Å². The molecule has 1 saturated carbocycles. The average Bonchev–Trinajstić information content (AvgIpc) is 3.12. The van der Waals surface area contributed by atoms with Crippen LogP contribution < -0.4 is 5.32 Å². The van der Waals surface area contributed by atoms with Crippen LogP contribution in [-0.2, 0) is 11.2 Å². The van der Waals surface area contributed by atoms with Crippen molar-refractivity contribution in [3.8, 4) is 10.8 Å². The number of nitrogens with zero attached hydrogens (tertiary/aromatic N) is 1. The Morgan fingerprint density at radius 2 is 2.05 bits per heavy atom. The molecule has 1 aliphatic rings. The van der Waals surface area contributed by atoms with Crippen LogP contribution in [0.5, 0.6) is 0 Å². The first-order chi connectivity index (χ1) is 10.8. The molecule has 4 nitrogen and oxygen atoms in total. The number of carbonyl (C=O) groups excluding carboxylic acids is 1. The van der Waals surface area contributed by atoms with Crippen molar-refractivity contribution in [1.29, 1.82) is 0 Å². The molecule has 2 heterocycles. The summed E-state index contributed by atoms with van der Waals surface area (Å²) in [4.78, 5) is 16.7. The highest BCUT2D eigenvalue weighted by atomic mass is 32.1. The maximum Gasteiger partial charge on any atom is 0.226 e. The Labute approximate surface area is 134 Å². The molecule has 0 radical (unpaired) electrons. The van der Waals surface area contributed by atoms with Gasteiger partial charge in [-0.25, -0.2) is 4.98 Å². The zero-order valence-electron chi connectivity index (χ0n) is 12.7. The van der Waals surface area contributed by atoms with Crippen molar-refractivity contribution in [3.05, 3.63) is 29.5 Å². The van der Waals surface area contributed by atoms with Gasteiger partial charge in [0.1, 0.15) is 0 Å². The van der Waals surface area contributed by atoms with E-state index in [1.165, 1.54) is 43.4 Å². The number of thiazole rings is 1. The highest BCUT2D eigenvalue weighted by molar-refractivity contribution is 7.13. The maximum absolute atomic E-state index is 12.2. The Morgan fingerprint density at radius 1 is 1.27 bits per heavy atom. The van der Waals surface area contributed by atoms with Gasteiger partial charge in [0, 0.05) is 11.4 Å². The van der Waals surface area contributed by atoms with Gasteiger partial charge >= 0.3 is 0 Å². The predicted octanol–water partition coefficient (Wildman–Crippen LogP) is 4.17. The third-order valence-electron chi connectivity index (χ3n) is 4.10. The lowest BCUT2D eigenvalue weighted by molar-refractivity contribution is -0.121. The molecule has 1 amide bonds. The quantitative estimate of drug-likeness (QED) is 0.920. The molecule has 0 atom stereocenters. The molecule has 1 aliphatic carbocycles. The third-order valence-corrected chi connectivity index (χ3v) is 5.00. The molecule has 0 aromatic carbocycles. The van der Waals surface area contributed by atoms with Gasteiger partial charge in [0.15, 0.2) is 10.8 Å². The zero-order valence-corrected chi connectivity index (χ0v) is 13.5. The molecule has 5 heteroatoms. The van der Waals surface area contributed by atoms with Crippen LogP contribution in [0, 0.1) is 0 Å². The second-order valence-corrected chi connectivity index (χ2v) is 6.77. The number of hydrogen-bond acceptors (Lipinski definition) is 4. The van der Waals surface area contributed by atoms with Crippen LogP contribution in [-0.4, -0.2) is 16.9 Å². The molecule has 3 rings (SSSR count). The highest BCUT2D eigenvalue weighted by Crippen LogP contribution is 2.24. The minimum absolute atomic E-state index is 0.0851. The van der Waals surface area contributed by atoms with Crippen LogP contribution in [0.25, 0.3) is 10.8 Å². The minimum Gasteiger partial charge on any atom is -0.462 e. The molecule has 0 bridgehead atoms. The molecule has 0 spiro atoms. The summed E-state index contributed by atoms with van der Waals surface area (Å²) in [5, 5.41) is 5.95. The first kappa shape index (κ1) is 15.3. The Hall–Kier alpha value is -1.62. The summed E-state index contributed by atoms with van der Waals surface area (Å²) in [7, 11) is 0. The van der Waals surface area contributed by atoms with E-state index in [2.05, 4.69) is 10.3 Å². The summed E-state index contributed by atoms with van der Waals surface area (Å²) in [6, 6.07) is 4.07. The third kappa shape index (κ3) is 4.19. The number of carbonyl (C=O) groups is 1. The van der Waals surface area contributed by atoms with E-state index >= 15 is 0 Å². The van der Waals surface area contributed by atoms with Crippen molar-refractivity contribution in [2.75, 3.05) is 0 Å². The van der Waals surface area contributed by atoms with Crippen molar-refractivity contribution >= 4 is 17.2 Å². The fourth-order valence-corrected chi connectivity index (χ4v) is 3.73. The number of rotatable bonds is 4. The monoisotopic (exact) mass is 318 g/mol. The number of furan rings is 1. The molecule has 0 unspecified atom stereocenters. The van der Waals surface area contributed by atoms with E-state index in [1.54, 1.807) is 6.26 Å². The molecule has 2 aromatic heterocycles. The molecule has 0 aliphatic heterocycles. The van der Waals surface area contributed by atoms with Crippen molar-refractivity contribution in [2.24, 2.45) is 0 Å². The molecule has 118 valence electrons. The molecule has 1 N–H and O–H groups in total. The van der Waals surface area contributed by atoms with Crippen LogP contribution in [0.4, 0.5) is 0 Å². The molecule has 2 aromatic rings. The molecular formula is C17H22N2O2S. The average molecular weight is 318 g/mol. The summed E-state index contributed by atoms with van der Waals surface area (Å²) < 4.78 is 5.33. The lowest BCUT2D eigenvalue weighted by Gasteiger charge is -2.20. The van der Waals surface area contributed by atoms with Gasteiger partial charge in [-0.3, -0.25) is 4.79 Å². The Morgan fingerprint density at radius 3 is 2.77 bits per heavy atom. The van der Waals surface area contributed by atoms with Crippen molar-refractivity contribution < 1.29 is 9.21 Å². The largest absolute Gasteiger partial charge is 0.462 e. The first-order valence-electron chi connectivity index (χ1n) is 8.09. The molecule has 22 heavy (non-hydrogen) atoms. The van der Waals surface area contributed by atoms with Crippen LogP contribution in [0.3, 0.4) is 0 Å². The lowest BCUT2D eigenvalue weighted by atomic mass is 9.96. The van der Waals surface area contributed by atoms with Gasteiger partial charge in [-0.15, -0.1) is 11.3 Å². The normalized spacial score (nSPS) is 16.9. The summed E-state index contributed by atoms with van der Waals surface area (Å²) in [5.74, 6) is 0.846. The second-order valence-electron chi connectivity index (χ2n) is 5.91. The van der Waals surface area contributed by atoms with Gasteiger partial charge in [0.2, 0.25) is 5.91 Å². The van der Waals surface area contributed by atoms with E-state index < -0.39 is 0 Å². The summed E-state index contributed by atoms with van der Waals surface area (Å²) in [6.07, 6.45) is 10.6. The summed E-state index contributed by atoms with van der Waals surface area (Å²) in [5.41, 5.74) is 0.819. The Balaban J connectivity index is 1.53.